The van der Waals surface area contributed by atoms with Crippen molar-refractivity contribution in [2.45, 2.75) is 51.5 Å². The molecule has 1 aliphatic carbocycles. The van der Waals surface area contributed by atoms with E-state index in [0.29, 0.717) is 13.1 Å². The van der Waals surface area contributed by atoms with E-state index in [-0.39, 0.29) is 23.1 Å². The highest BCUT2D eigenvalue weighted by Gasteiger charge is 2.30. The summed E-state index contributed by atoms with van der Waals surface area (Å²) in [5, 5.41) is 3.39. The zero-order valence-corrected chi connectivity index (χ0v) is 16.6. The molecule has 1 unspecified atom stereocenters. The lowest BCUT2D eigenvalue weighted by molar-refractivity contribution is 0.0632. The number of hydrogen-bond acceptors (Lipinski definition) is 3. The molecule has 2 heterocycles. The Morgan fingerprint density at radius 2 is 1.93 bits per heavy atom. The molecule has 2 aromatic rings. The molecule has 1 atom stereocenters. The van der Waals surface area contributed by atoms with E-state index in [1.807, 2.05) is 11.0 Å². The first-order chi connectivity index (χ1) is 13.7. The molecule has 0 saturated carbocycles. The van der Waals surface area contributed by atoms with E-state index < -0.39 is 0 Å². The second-order valence-corrected chi connectivity index (χ2v) is 7.89. The van der Waals surface area contributed by atoms with Crippen LogP contribution in [0.15, 0.2) is 35.1 Å². The lowest BCUT2D eigenvalue weighted by Gasteiger charge is -2.36. The molecule has 1 aliphatic heterocycles. The van der Waals surface area contributed by atoms with Crippen LogP contribution >= 0.6 is 0 Å². The number of carbonyl (C=O) groups is 1. The van der Waals surface area contributed by atoms with E-state index in [1.54, 1.807) is 0 Å². The Morgan fingerprint density at radius 3 is 2.71 bits per heavy atom. The number of hydrogen-bond donors (Lipinski definition) is 2. The van der Waals surface area contributed by atoms with Crippen LogP contribution in [0.25, 0.3) is 0 Å². The van der Waals surface area contributed by atoms with Crippen LogP contribution in [-0.4, -0.2) is 35.4 Å². The van der Waals surface area contributed by atoms with Crippen LogP contribution in [-0.2, 0) is 19.3 Å². The average molecular weight is 380 g/mol. The molecule has 0 spiro atoms. The number of rotatable bonds is 3. The first-order valence-corrected chi connectivity index (χ1v) is 10.5. The van der Waals surface area contributed by atoms with Crippen molar-refractivity contribution in [1.29, 1.82) is 0 Å². The fourth-order valence-corrected chi connectivity index (χ4v) is 4.39. The monoisotopic (exact) mass is 379 g/mol. The molecule has 2 N–H and O–H groups in total. The van der Waals surface area contributed by atoms with Crippen molar-refractivity contribution in [1.82, 2.24) is 15.2 Å². The van der Waals surface area contributed by atoms with E-state index in [2.05, 4.69) is 41.5 Å². The molecular formula is C23H29N3O2. The number of aryl methyl sites for hydroxylation is 3. The third kappa shape index (κ3) is 3.76. The molecular weight excluding hydrogens is 350 g/mol. The molecule has 1 aromatic carbocycles. The number of benzene rings is 1. The number of H-pyrrole nitrogens is 1. The molecule has 1 saturated heterocycles. The van der Waals surface area contributed by atoms with Gasteiger partial charge in [0.05, 0.1) is 6.04 Å². The van der Waals surface area contributed by atoms with E-state index in [1.165, 1.54) is 12.0 Å². The predicted molar refractivity (Wildman–Crippen MR) is 111 cm³/mol. The smallest absolute Gasteiger partial charge is 0.261 e. The van der Waals surface area contributed by atoms with Crippen LogP contribution in [0.4, 0.5) is 0 Å². The van der Waals surface area contributed by atoms with Gasteiger partial charge in [-0.05, 0) is 54.9 Å². The molecule has 1 aromatic heterocycles. The van der Waals surface area contributed by atoms with Gasteiger partial charge in [-0.3, -0.25) is 9.59 Å². The Balaban J connectivity index is 1.65. The standard InChI is InChI=1S/C23H29N3O2/c1-2-16-8-10-17(11-9-16)21-15-24-12-13-26(21)23(28)19-14-18-6-4-3-5-7-20(18)25-22(19)27/h8-11,14,21,24H,2-7,12-13,15H2,1H3,(H,25,27). The van der Waals surface area contributed by atoms with Crippen LogP contribution in [0.5, 0.6) is 0 Å². The van der Waals surface area contributed by atoms with Crippen molar-refractivity contribution in [2.75, 3.05) is 19.6 Å². The van der Waals surface area contributed by atoms with Crippen molar-refractivity contribution in [3.63, 3.8) is 0 Å². The molecule has 0 bridgehead atoms. The summed E-state index contributed by atoms with van der Waals surface area (Å²) in [5.74, 6) is -0.153. The van der Waals surface area contributed by atoms with Gasteiger partial charge in [-0.15, -0.1) is 0 Å². The van der Waals surface area contributed by atoms with Gasteiger partial charge in [-0.2, -0.15) is 0 Å². The first kappa shape index (κ1) is 18.9. The summed E-state index contributed by atoms with van der Waals surface area (Å²) in [4.78, 5) is 30.9. The number of carbonyl (C=O) groups excluding carboxylic acids is 1. The molecule has 2 aliphatic rings. The largest absolute Gasteiger partial charge is 0.329 e. The zero-order chi connectivity index (χ0) is 19.5. The van der Waals surface area contributed by atoms with Crippen molar-refractivity contribution < 1.29 is 4.79 Å². The van der Waals surface area contributed by atoms with Gasteiger partial charge in [-0.1, -0.05) is 37.6 Å². The second-order valence-electron chi connectivity index (χ2n) is 7.89. The van der Waals surface area contributed by atoms with Gasteiger partial charge in [0, 0.05) is 25.3 Å². The number of pyridine rings is 1. The van der Waals surface area contributed by atoms with E-state index in [0.717, 1.165) is 55.5 Å². The van der Waals surface area contributed by atoms with Crippen molar-refractivity contribution in [2.24, 2.45) is 0 Å². The minimum Gasteiger partial charge on any atom is -0.329 e. The average Bonchev–Trinajstić information content (AvgIpc) is 2.97. The summed E-state index contributed by atoms with van der Waals surface area (Å²) in [7, 11) is 0. The van der Waals surface area contributed by atoms with Gasteiger partial charge < -0.3 is 15.2 Å². The fraction of sp³-hybridized carbons (Fsp3) is 0.478. The predicted octanol–water partition coefficient (Wildman–Crippen LogP) is 2.99. The number of amides is 1. The van der Waals surface area contributed by atoms with Crippen LogP contribution in [0.2, 0.25) is 0 Å². The van der Waals surface area contributed by atoms with Gasteiger partial charge in [0.2, 0.25) is 0 Å². The highest BCUT2D eigenvalue weighted by Crippen LogP contribution is 2.25. The van der Waals surface area contributed by atoms with E-state index in [4.69, 9.17) is 0 Å². The quantitative estimate of drug-likeness (QED) is 0.806. The Morgan fingerprint density at radius 1 is 1.14 bits per heavy atom. The third-order valence-electron chi connectivity index (χ3n) is 6.10. The van der Waals surface area contributed by atoms with Crippen molar-refractivity contribution >= 4 is 5.91 Å². The van der Waals surface area contributed by atoms with E-state index >= 15 is 0 Å². The SMILES string of the molecule is CCc1ccc(C2CNCCN2C(=O)c2cc3c([nH]c2=O)CCCCC3)cc1. The summed E-state index contributed by atoms with van der Waals surface area (Å²) < 4.78 is 0. The maximum Gasteiger partial charge on any atom is 0.261 e. The maximum atomic E-state index is 13.4. The van der Waals surface area contributed by atoms with Gasteiger partial charge in [0.15, 0.2) is 0 Å². The number of aromatic nitrogens is 1. The number of nitrogens with zero attached hydrogens (tertiary/aromatic N) is 1. The van der Waals surface area contributed by atoms with E-state index in [9.17, 15) is 9.59 Å². The Hall–Kier alpha value is -2.40. The van der Waals surface area contributed by atoms with Gasteiger partial charge in [0.1, 0.15) is 5.56 Å². The Bertz CT molecular complexity index is 901. The molecule has 28 heavy (non-hydrogen) atoms. The summed E-state index contributed by atoms with van der Waals surface area (Å²) in [6, 6.07) is 10.3. The second kappa shape index (κ2) is 8.31. The lowest BCUT2D eigenvalue weighted by atomic mass is 9.99. The molecule has 148 valence electrons. The topological polar surface area (TPSA) is 65.2 Å². The summed E-state index contributed by atoms with van der Waals surface area (Å²) in [6.07, 6.45) is 6.23. The molecule has 0 radical (unpaired) electrons. The minimum absolute atomic E-state index is 0.0506. The Labute approximate surface area is 166 Å². The van der Waals surface area contributed by atoms with Crippen LogP contribution in [0, 0.1) is 0 Å². The number of piperazine rings is 1. The molecule has 5 heteroatoms. The lowest BCUT2D eigenvalue weighted by Crippen LogP contribution is -2.49. The van der Waals surface area contributed by atoms with Crippen molar-refractivity contribution in [3.05, 3.63) is 68.6 Å². The summed E-state index contributed by atoms with van der Waals surface area (Å²) >= 11 is 0. The van der Waals surface area contributed by atoms with Gasteiger partial charge in [0.25, 0.3) is 11.5 Å². The van der Waals surface area contributed by atoms with Crippen LogP contribution in [0.3, 0.4) is 0 Å². The third-order valence-corrected chi connectivity index (χ3v) is 6.10. The van der Waals surface area contributed by atoms with Crippen LogP contribution < -0.4 is 10.9 Å². The number of fused-ring (bicyclic) bond motifs is 1. The number of aromatic amines is 1. The summed E-state index contributed by atoms with van der Waals surface area (Å²) in [6.45, 7) is 4.20. The molecule has 1 fully saturated rings. The Kier molecular flexibility index (Phi) is 5.62. The normalized spacial score (nSPS) is 19.8. The molecule has 5 nitrogen and oxygen atoms in total. The first-order valence-electron chi connectivity index (χ1n) is 10.5. The number of nitrogens with one attached hydrogen (secondary N) is 2. The minimum atomic E-state index is -0.246. The van der Waals surface area contributed by atoms with Crippen LogP contribution in [0.1, 0.15) is 65.0 Å². The summed E-state index contributed by atoms with van der Waals surface area (Å²) in [5.41, 5.74) is 4.60. The van der Waals surface area contributed by atoms with Crippen molar-refractivity contribution in [3.8, 4) is 0 Å². The fourth-order valence-electron chi connectivity index (χ4n) is 4.39. The molecule has 1 amide bonds. The zero-order valence-electron chi connectivity index (χ0n) is 16.6. The highest BCUT2D eigenvalue weighted by atomic mass is 16.2. The maximum absolute atomic E-state index is 13.4. The molecule has 4 rings (SSSR count). The highest BCUT2D eigenvalue weighted by molar-refractivity contribution is 5.94. The van der Waals surface area contributed by atoms with Gasteiger partial charge >= 0.3 is 0 Å². The van der Waals surface area contributed by atoms with Gasteiger partial charge in [-0.25, -0.2) is 0 Å².